The van der Waals surface area contributed by atoms with Gasteiger partial charge in [-0.05, 0) is 42.4 Å². The molecule has 168 valence electrons. The maximum atomic E-state index is 2.49. The van der Waals surface area contributed by atoms with E-state index in [0.29, 0.717) is 0 Å². The quantitative estimate of drug-likeness (QED) is 0.243. The molecule has 0 aromatic carbocycles. The first kappa shape index (κ1) is 26.0. The van der Waals surface area contributed by atoms with Gasteiger partial charge >= 0.3 is 0 Å². The Morgan fingerprint density at radius 2 is 1.18 bits per heavy atom. The van der Waals surface area contributed by atoms with Crippen LogP contribution in [0.25, 0.3) is 0 Å². The topological polar surface area (TPSA) is 0 Å². The van der Waals surface area contributed by atoms with E-state index < -0.39 is 0 Å². The van der Waals surface area contributed by atoms with Crippen molar-refractivity contribution in [2.45, 2.75) is 150 Å². The Morgan fingerprint density at radius 1 is 0.500 bits per heavy atom. The zero-order valence-electron chi connectivity index (χ0n) is 20.6. The molecule has 0 N–H and O–H groups in total. The Kier molecular flexibility index (Phi) is 15.6. The normalized spacial score (nSPS) is 28.8. The molecule has 0 nitrogen and oxygen atoms in total. The molecule has 1 aliphatic rings. The molecule has 0 radical (unpaired) electrons. The molecule has 0 aromatic heterocycles. The van der Waals surface area contributed by atoms with Gasteiger partial charge < -0.3 is 0 Å². The van der Waals surface area contributed by atoms with Crippen molar-refractivity contribution in [3.05, 3.63) is 0 Å². The van der Waals surface area contributed by atoms with Gasteiger partial charge in [-0.1, -0.05) is 137 Å². The predicted octanol–water partition coefficient (Wildman–Crippen LogP) is 10.2. The lowest BCUT2D eigenvalue weighted by Gasteiger charge is -2.42. The minimum absolute atomic E-state index is 1.00. The Bertz CT molecular complexity index is 333. The lowest BCUT2D eigenvalue weighted by atomic mass is 9.63. The molecule has 1 aliphatic carbocycles. The summed E-state index contributed by atoms with van der Waals surface area (Å²) in [7, 11) is 0. The van der Waals surface area contributed by atoms with Crippen LogP contribution < -0.4 is 0 Å². The van der Waals surface area contributed by atoms with Crippen molar-refractivity contribution >= 4 is 0 Å². The van der Waals surface area contributed by atoms with Crippen LogP contribution in [0.3, 0.4) is 0 Å². The van der Waals surface area contributed by atoms with Gasteiger partial charge in [0.15, 0.2) is 0 Å². The monoisotopic (exact) mass is 392 g/mol. The highest BCUT2D eigenvalue weighted by atomic mass is 14.4. The molecular weight excluding hydrogens is 336 g/mol. The first-order chi connectivity index (χ1) is 13.7. The third kappa shape index (κ3) is 9.67. The molecule has 0 aliphatic heterocycles. The predicted molar refractivity (Wildman–Crippen MR) is 129 cm³/mol. The molecule has 0 saturated heterocycles. The van der Waals surface area contributed by atoms with Gasteiger partial charge in [0.1, 0.15) is 0 Å². The van der Waals surface area contributed by atoms with Crippen LogP contribution in [0.2, 0.25) is 0 Å². The SMILES string of the molecule is CCCCCCCCCC1CCC(CC)C(CC)C(CCC)C(CCCC)C1. The van der Waals surface area contributed by atoms with Crippen molar-refractivity contribution in [3.63, 3.8) is 0 Å². The summed E-state index contributed by atoms with van der Waals surface area (Å²) in [6, 6.07) is 0. The fourth-order valence-electron chi connectivity index (χ4n) is 6.46. The number of hydrogen-bond donors (Lipinski definition) is 0. The van der Waals surface area contributed by atoms with Crippen molar-refractivity contribution in [2.24, 2.45) is 29.6 Å². The van der Waals surface area contributed by atoms with Gasteiger partial charge in [-0.3, -0.25) is 0 Å². The summed E-state index contributed by atoms with van der Waals surface area (Å²) in [6.07, 6.45) is 26.5. The summed E-state index contributed by atoms with van der Waals surface area (Å²) in [6.45, 7) is 12.1. The zero-order valence-corrected chi connectivity index (χ0v) is 20.6. The largest absolute Gasteiger partial charge is 0.0654 e. The Balaban J connectivity index is 2.66. The van der Waals surface area contributed by atoms with Crippen molar-refractivity contribution in [2.75, 3.05) is 0 Å². The summed E-state index contributed by atoms with van der Waals surface area (Å²) < 4.78 is 0. The fraction of sp³-hybridized carbons (Fsp3) is 1.00. The molecule has 0 bridgehead atoms. The average Bonchev–Trinajstić information content (AvgIpc) is 2.70. The number of unbranched alkanes of at least 4 members (excludes halogenated alkanes) is 7. The maximum absolute atomic E-state index is 2.49. The second kappa shape index (κ2) is 16.8. The van der Waals surface area contributed by atoms with E-state index in [-0.39, 0.29) is 0 Å². The molecule has 0 heteroatoms. The third-order valence-corrected chi connectivity index (χ3v) is 8.10. The molecule has 1 fully saturated rings. The minimum atomic E-state index is 1.00. The molecule has 1 rings (SSSR count). The van der Waals surface area contributed by atoms with Crippen LogP contribution in [0.5, 0.6) is 0 Å². The van der Waals surface area contributed by atoms with E-state index in [4.69, 9.17) is 0 Å². The standard InChI is InChI=1S/C28H56/c1-6-11-13-14-15-16-17-19-24-21-22-25(9-4)27(10-5)28(18-8-3)26(23-24)20-12-7-2/h24-28H,6-23H2,1-5H3. The van der Waals surface area contributed by atoms with Gasteiger partial charge in [-0.25, -0.2) is 0 Å². The lowest BCUT2D eigenvalue weighted by molar-refractivity contribution is 0.0794. The molecule has 0 heterocycles. The second-order valence-corrected chi connectivity index (χ2v) is 10.2. The van der Waals surface area contributed by atoms with E-state index in [2.05, 4.69) is 34.6 Å². The first-order valence-electron chi connectivity index (χ1n) is 13.7. The Labute approximate surface area is 180 Å². The Morgan fingerprint density at radius 3 is 1.79 bits per heavy atom. The molecule has 0 spiro atoms. The smallest absolute Gasteiger partial charge is 0.0355 e. The zero-order chi connectivity index (χ0) is 20.6. The number of hydrogen-bond acceptors (Lipinski definition) is 0. The molecule has 5 unspecified atom stereocenters. The van der Waals surface area contributed by atoms with E-state index in [1.54, 1.807) is 6.42 Å². The highest BCUT2D eigenvalue weighted by Crippen LogP contribution is 2.45. The van der Waals surface area contributed by atoms with Gasteiger partial charge in [0.25, 0.3) is 0 Å². The third-order valence-electron chi connectivity index (χ3n) is 8.10. The van der Waals surface area contributed by atoms with Gasteiger partial charge in [0.2, 0.25) is 0 Å². The summed E-state index contributed by atoms with van der Waals surface area (Å²) in [5.74, 6) is 5.08. The average molecular weight is 393 g/mol. The van der Waals surface area contributed by atoms with Crippen LogP contribution in [0.15, 0.2) is 0 Å². The minimum Gasteiger partial charge on any atom is -0.0654 e. The maximum Gasteiger partial charge on any atom is -0.0355 e. The van der Waals surface area contributed by atoms with Gasteiger partial charge in [-0.15, -0.1) is 0 Å². The van der Waals surface area contributed by atoms with Crippen molar-refractivity contribution in [1.82, 2.24) is 0 Å². The van der Waals surface area contributed by atoms with Crippen molar-refractivity contribution in [3.8, 4) is 0 Å². The first-order valence-corrected chi connectivity index (χ1v) is 13.7. The van der Waals surface area contributed by atoms with Crippen LogP contribution in [0.4, 0.5) is 0 Å². The van der Waals surface area contributed by atoms with E-state index in [0.717, 1.165) is 29.6 Å². The van der Waals surface area contributed by atoms with Gasteiger partial charge in [-0.2, -0.15) is 0 Å². The van der Waals surface area contributed by atoms with Crippen LogP contribution >= 0.6 is 0 Å². The molecular formula is C28H56. The highest BCUT2D eigenvalue weighted by Gasteiger charge is 2.35. The lowest BCUT2D eigenvalue weighted by Crippen LogP contribution is -2.33. The summed E-state index contributed by atoms with van der Waals surface area (Å²) in [5.41, 5.74) is 0. The van der Waals surface area contributed by atoms with E-state index in [1.807, 2.05) is 0 Å². The van der Waals surface area contributed by atoms with Gasteiger partial charge in [0.05, 0.1) is 0 Å². The van der Waals surface area contributed by atoms with E-state index in [1.165, 1.54) is 109 Å². The molecule has 0 amide bonds. The van der Waals surface area contributed by atoms with Crippen LogP contribution in [0.1, 0.15) is 150 Å². The Hall–Kier alpha value is 0. The van der Waals surface area contributed by atoms with Crippen LogP contribution in [-0.4, -0.2) is 0 Å². The fourth-order valence-corrected chi connectivity index (χ4v) is 6.46. The summed E-state index contributed by atoms with van der Waals surface area (Å²) >= 11 is 0. The van der Waals surface area contributed by atoms with Crippen molar-refractivity contribution in [1.29, 1.82) is 0 Å². The van der Waals surface area contributed by atoms with E-state index >= 15 is 0 Å². The van der Waals surface area contributed by atoms with Crippen molar-refractivity contribution < 1.29 is 0 Å². The van der Waals surface area contributed by atoms with E-state index in [9.17, 15) is 0 Å². The van der Waals surface area contributed by atoms with Gasteiger partial charge in [0, 0.05) is 0 Å². The number of rotatable bonds is 15. The van der Waals surface area contributed by atoms with Crippen LogP contribution in [0, 0.1) is 29.6 Å². The second-order valence-electron chi connectivity index (χ2n) is 10.2. The molecule has 5 atom stereocenters. The van der Waals surface area contributed by atoms with Crippen LogP contribution in [-0.2, 0) is 0 Å². The summed E-state index contributed by atoms with van der Waals surface area (Å²) in [4.78, 5) is 0. The molecule has 0 aromatic rings. The highest BCUT2D eigenvalue weighted by molar-refractivity contribution is 4.85. The molecule has 1 saturated carbocycles. The molecule has 28 heavy (non-hydrogen) atoms. The summed E-state index contributed by atoms with van der Waals surface area (Å²) in [5, 5.41) is 0.